The molecule has 0 radical (unpaired) electrons. The maximum absolute atomic E-state index is 12.8. The zero-order valence-corrected chi connectivity index (χ0v) is 15.8. The van der Waals surface area contributed by atoms with Crippen LogP contribution in [0.5, 0.6) is 0 Å². The maximum Gasteiger partial charge on any atom is 0.229 e. The summed E-state index contributed by atoms with van der Waals surface area (Å²) in [5.41, 5.74) is 2.31. The van der Waals surface area contributed by atoms with Gasteiger partial charge >= 0.3 is 0 Å². The number of amides is 1. The third kappa shape index (κ3) is 4.46. The highest BCUT2D eigenvalue weighted by Crippen LogP contribution is 2.33. The van der Waals surface area contributed by atoms with Crippen molar-refractivity contribution in [2.24, 2.45) is 5.92 Å². The van der Waals surface area contributed by atoms with Gasteiger partial charge in [0.2, 0.25) is 11.9 Å². The Morgan fingerprint density at radius 3 is 2.44 bits per heavy atom. The van der Waals surface area contributed by atoms with E-state index in [0.717, 1.165) is 25.1 Å². The van der Waals surface area contributed by atoms with Gasteiger partial charge in [-0.3, -0.25) is 4.79 Å². The molecule has 1 aliphatic carbocycles. The van der Waals surface area contributed by atoms with Crippen LogP contribution in [-0.4, -0.2) is 29.0 Å². The molecule has 1 saturated heterocycles. The van der Waals surface area contributed by atoms with Crippen LogP contribution in [-0.2, 0) is 4.79 Å². The van der Waals surface area contributed by atoms with Crippen LogP contribution < -0.4 is 10.2 Å². The second-order valence-corrected chi connectivity index (χ2v) is 7.78. The molecule has 2 aromatic rings. The normalized spacial score (nSPS) is 21.0. The van der Waals surface area contributed by atoms with Gasteiger partial charge in [-0.2, -0.15) is 0 Å². The Morgan fingerprint density at radius 2 is 1.70 bits per heavy atom. The lowest BCUT2D eigenvalue weighted by Gasteiger charge is -2.31. The van der Waals surface area contributed by atoms with Crippen LogP contribution in [0.15, 0.2) is 42.7 Å². The van der Waals surface area contributed by atoms with Crippen LogP contribution >= 0.6 is 0 Å². The third-order valence-corrected chi connectivity index (χ3v) is 5.88. The van der Waals surface area contributed by atoms with Gasteiger partial charge in [-0.05, 0) is 55.4 Å². The first-order valence-electron chi connectivity index (χ1n) is 10.2. The summed E-state index contributed by atoms with van der Waals surface area (Å²) in [6.07, 6.45) is 12.0. The molecule has 1 amide bonds. The van der Waals surface area contributed by atoms with Crippen molar-refractivity contribution in [2.75, 3.05) is 23.3 Å². The Morgan fingerprint density at radius 1 is 0.963 bits per heavy atom. The summed E-state index contributed by atoms with van der Waals surface area (Å²) in [4.78, 5) is 23.5. The van der Waals surface area contributed by atoms with Crippen molar-refractivity contribution in [3.63, 3.8) is 0 Å². The van der Waals surface area contributed by atoms with Gasteiger partial charge in [0.05, 0.1) is 5.92 Å². The second-order valence-electron chi connectivity index (χ2n) is 7.78. The highest BCUT2D eigenvalue weighted by molar-refractivity contribution is 5.93. The minimum atomic E-state index is -0.0272. The molecule has 1 N–H and O–H groups in total. The zero-order valence-electron chi connectivity index (χ0n) is 15.8. The number of anilines is 2. The lowest BCUT2D eigenvalue weighted by atomic mass is 9.84. The highest BCUT2D eigenvalue weighted by atomic mass is 16.1. The van der Waals surface area contributed by atoms with Crippen LogP contribution in [0.3, 0.4) is 0 Å². The Hall–Kier alpha value is -2.43. The van der Waals surface area contributed by atoms with E-state index in [1.54, 1.807) is 12.4 Å². The largest absolute Gasteiger partial charge is 0.340 e. The fourth-order valence-corrected chi connectivity index (χ4v) is 4.35. The van der Waals surface area contributed by atoms with Gasteiger partial charge in [0.1, 0.15) is 0 Å². The van der Waals surface area contributed by atoms with Gasteiger partial charge in [-0.15, -0.1) is 0 Å². The molecule has 1 atom stereocenters. The molecule has 27 heavy (non-hydrogen) atoms. The molecule has 5 nitrogen and oxygen atoms in total. The smallest absolute Gasteiger partial charge is 0.229 e. The predicted octanol–water partition coefficient (Wildman–Crippen LogP) is 4.38. The van der Waals surface area contributed by atoms with Crippen molar-refractivity contribution in [3.05, 3.63) is 48.3 Å². The molecule has 0 bridgehead atoms. The first kappa shape index (κ1) is 18.0. The van der Waals surface area contributed by atoms with Crippen molar-refractivity contribution in [1.82, 2.24) is 9.97 Å². The number of aromatic nitrogens is 2. The van der Waals surface area contributed by atoms with Crippen LogP contribution in [0.1, 0.15) is 56.4 Å². The Bertz CT molecular complexity index is 741. The van der Waals surface area contributed by atoms with Gasteiger partial charge < -0.3 is 10.2 Å². The number of rotatable bonds is 4. The Kier molecular flexibility index (Phi) is 5.66. The van der Waals surface area contributed by atoms with Crippen molar-refractivity contribution >= 4 is 17.5 Å². The number of nitrogens with one attached hydrogen (secondary N) is 1. The number of nitrogens with zero attached hydrogens (tertiary/aromatic N) is 3. The average molecular weight is 364 g/mol. The standard InChI is InChI=1S/C22H28N4O/c27-21(19-8-4-15-26(16-19)22-23-13-5-14-24-22)25-20-11-9-18(10-12-20)17-6-2-1-3-7-17/h5,9-14,17,19H,1-4,6-8,15-16H2,(H,25,27)/t19-/m1/s1. The molecule has 1 aliphatic heterocycles. The summed E-state index contributed by atoms with van der Waals surface area (Å²) in [7, 11) is 0. The first-order valence-corrected chi connectivity index (χ1v) is 10.2. The molecule has 0 unspecified atom stereocenters. The fourth-order valence-electron chi connectivity index (χ4n) is 4.35. The van der Waals surface area contributed by atoms with Crippen LogP contribution in [0.2, 0.25) is 0 Å². The first-order chi connectivity index (χ1) is 13.3. The van der Waals surface area contributed by atoms with E-state index in [1.165, 1.54) is 37.7 Å². The molecular weight excluding hydrogens is 336 g/mol. The molecule has 142 valence electrons. The van der Waals surface area contributed by atoms with E-state index >= 15 is 0 Å². The van der Waals surface area contributed by atoms with E-state index in [4.69, 9.17) is 0 Å². The molecule has 5 heteroatoms. The lowest BCUT2D eigenvalue weighted by Crippen LogP contribution is -2.41. The van der Waals surface area contributed by atoms with Crippen molar-refractivity contribution in [2.45, 2.75) is 50.9 Å². The van der Waals surface area contributed by atoms with E-state index < -0.39 is 0 Å². The summed E-state index contributed by atoms with van der Waals surface area (Å²) in [5.74, 6) is 1.48. The third-order valence-electron chi connectivity index (χ3n) is 5.88. The summed E-state index contributed by atoms with van der Waals surface area (Å²) in [6, 6.07) is 10.3. The molecule has 2 heterocycles. The van der Waals surface area contributed by atoms with Crippen molar-refractivity contribution in [1.29, 1.82) is 0 Å². The monoisotopic (exact) mass is 364 g/mol. The van der Waals surface area contributed by atoms with E-state index in [2.05, 4.69) is 44.5 Å². The number of benzene rings is 1. The fraction of sp³-hybridized carbons (Fsp3) is 0.500. The predicted molar refractivity (Wildman–Crippen MR) is 108 cm³/mol. The molecule has 1 saturated carbocycles. The molecule has 4 rings (SSSR count). The van der Waals surface area contributed by atoms with Gasteiger partial charge in [0.25, 0.3) is 0 Å². The van der Waals surface area contributed by atoms with Gasteiger partial charge in [0, 0.05) is 31.2 Å². The number of carbonyl (C=O) groups excluding carboxylic acids is 1. The van der Waals surface area contributed by atoms with Gasteiger partial charge in [-0.1, -0.05) is 31.4 Å². The van der Waals surface area contributed by atoms with E-state index in [1.807, 2.05) is 6.07 Å². The topological polar surface area (TPSA) is 58.1 Å². The minimum Gasteiger partial charge on any atom is -0.340 e. The number of hydrogen-bond donors (Lipinski definition) is 1. The maximum atomic E-state index is 12.8. The summed E-state index contributed by atoms with van der Waals surface area (Å²) in [5, 5.41) is 3.11. The number of piperidine rings is 1. The SMILES string of the molecule is O=C(Nc1ccc(C2CCCCC2)cc1)[C@@H]1CCCN(c2ncccn2)C1. The van der Waals surface area contributed by atoms with Gasteiger partial charge in [-0.25, -0.2) is 9.97 Å². The molecular formula is C22H28N4O. The van der Waals surface area contributed by atoms with E-state index in [-0.39, 0.29) is 11.8 Å². The highest BCUT2D eigenvalue weighted by Gasteiger charge is 2.27. The quantitative estimate of drug-likeness (QED) is 0.875. The molecule has 0 spiro atoms. The summed E-state index contributed by atoms with van der Waals surface area (Å²) < 4.78 is 0. The number of carbonyl (C=O) groups is 1. The summed E-state index contributed by atoms with van der Waals surface area (Å²) in [6.45, 7) is 1.58. The summed E-state index contributed by atoms with van der Waals surface area (Å²) >= 11 is 0. The van der Waals surface area contributed by atoms with Crippen LogP contribution in [0.4, 0.5) is 11.6 Å². The minimum absolute atomic E-state index is 0.0272. The Balaban J connectivity index is 1.35. The van der Waals surface area contributed by atoms with Crippen molar-refractivity contribution in [3.8, 4) is 0 Å². The molecule has 1 aromatic heterocycles. The lowest BCUT2D eigenvalue weighted by molar-refractivity contribution is -0.120. The Labute approximate surface area is 161 Å². The second kappa shape index (κ2) is 8.51. The average Bonchev–Trinajstić information content (AvgIpc) is 2.75. The molecule has 2 fully saturated rings. The van der Waals surface area contributed by atoms with E-state index in [9.17, 15) is 4.79 Å². The van der Waals surface area contributed by atoms with E-state index in [0.29, 0.717) is 18.4 Å². The van der Waals surface area contributed by atoms with Crippen molar-refractivity contribution < 1.29 is 4.79 Å². The van der Waals surface area contributed by atoms with Crippen LogP contribution in [0.25, 0.3) is 0 Å². The van der Waals surface area contributed by atoms with Gasteiger partial charge in [0.15, 0.2) is 0 Å². The molecule has 2 aliphatic rings. The zero-order chi connectivity index (χ0) is 18.5. The van der Waals surface area contributed by atoms with Crippen LogP contribution in [0, 0.1) is 5.92 Å². The number of hydrogen-bond acceptors (Lipinski definition) is 4. The molecule has 1 aromatic carbocycles.